The first-order valence-electron chi connectivity index (χ1n) is 8.19. The fraction of sp³-hybridized carbons (Fsp3) is 0.389. The minimum absolute atomic E-state index is 0.174. The molecule has 2 aromatic rings. The molecule has 0 bridgehead atoms. The fourth-order valence-electron chi connectivity index (χ4n) is 2.19. The molecule has 2 N–H and O–H groups in total. The van der Waals surface area contributed by atoms with Gasteiger partial charge in [0.25, 0.3) is 5.91 Å². The summed E-state index contributed by atoms with van der Waals surface area (Å²) in [6.45, 7) is 2.15. The highest BCUT2D eigenvalue weighted by molar-refractivity contribution is 5.92. The van der Waals surface area contributed by atoms with Crippen LogP contribution in [0.2, 0.25) is 0 Å². The summed E-state index contributed by atoms with van der Waals surface area (Å²) in [6.07, 6.45) is 3.58. The molecule has 0 fully saturated rings. The molecule has 1 amide bonds. The molecule has 24 heavy (non-hydrogen) atoms. The van der Waals surface area contributed by atoms with Crippen LogP contribution >= 0.6 is 0 Å². The van der Waals surface area contributed by atoms with Crippen LogP contribution in [-0.4, -0.2) is 54.5 Å². The molecule has 6 nitrogen and oxygen atoms in total. The number of anilines is 1. The van der Waals surface area contributed by atoms with Crippen LogP contribution in [0.4, 0.5) is 5.95 Å². The Kier molecular flexibility index (Phi) is 7.17. The molecule has 128 valence electrons. The minimum Gasteiger partial charge on any atom is -0.354 e. The van der Waals surface area contributed by atoms with E-state index in [0.717, 1.165) is 25.9 Å². The lowest BCUT2D eigenvalue weighted by molar-refractivity contribution is 0.0946. The van der Waals surface area contributed by atoms with E-state index in [0.29, 0.717) is 18.2 Å². The molecule has 1 heterocycles. The van der Waals surface area contributed by atoms with Crippen molar-refractivity contribution in [1.82, 2.24) is 20.2 Å². The van der Waals surface area contributed by atoms with E-state index in [9.17, 15) is 4.79 Å². The lowest BCUT2D eigenvalue weighted by Gasteiger charge is -2.10. The number of aromatic nitrogens is 2. The molecule has 0 spiro atoms. The van der Waals surface area contributed by atoms with Gasteiger partial charge in [-0.05, 0) is 38.6 Å². The van der Waals surface area contributed by atoms with Crippen LogP contribution in [0.5, 0.6) is 0 Å². The van der Waals surface area contributed by atoms with Gasteiger partial charge in [-0.25, -0.2) is 9.97 Å². The smallest absolute Gasteiger partial charge is 0.270 e. The lowest BCUT2D eigenvalue weighted by atomic mass is 10.1. The molecule has 0 aliphatic heterocycles. The third-order valence-electron chi connectivity index (χ3n) is 3.50. The van der Waals surface area contributed by atoms with Gasteiger partial charge in [0.2, 0.25) is 5.95 Å². The number of hydrogen-bond donors (Lipinski definition) is 2. The summed E-state index contributed by atoms with van der Waals surface area (Å²) in [6, 6.07) is 12.0. The van der Waals surface area contributed by atoms with Crippen molar-refractivity contribution >= 4 is 11.9 Å². The Morgan fingerprint density at radius 3 is 2.67 bits per heavy atom. The number of nitrogens with zero attached hydrogens (tertiary/aromatic N) is 3. The number of carbonyl (C=O) groups is 1. The summed E-state index contributed by atoms with van der Waals surface area (Å²) in [5, 5.41) is 6.02. The van der Waals surface area contributed by atoms with E-state index in [1.54, 1.807) is 12.3 Å². The lowest BCUT2D eigenvalue weighted by Crippen LogP contribution is -2.32. The first-order chi connectivity index (χ1) is 11.6. The van der Waals surface area contributed by atoms with E-state index in [1.165, 1.54) is 5.56 Å². The van der Waals surface area contributed by atoms with Crippen LogP contribution in [0.3, 0.4) is 0 Å². The van der Waals surface area contributed by atoms with Gasteiger partial charge in [-0.1, -0.05) is 30.3 Å². The molecule has 0 saturated carbocycles. The predicted molar refractivity (Wildman–Crippen MR) is 96.2 cm³/mol. The van der Waals surface area contributed by atoms with Crippen molar-refractivity contribution in [1.29, 1.82) is 0 Å². The van der Waals surface area contributed by atoms with Crippen LogP contribution in [0.1, 0.15) is 22.5 Å². The van der Waals surface area contributed by atoms with Crippen molar-refractivity contribution < 1.29 is 4.79 Å². The van der Waals surface area contributed by atoms with E-state index < -0.39 is 0 Å². The Labute approximate surface area is 143 Å². The number of benzene rings is 1. The van der Waals surface area contributed by atoms with E-state index >= 15 is 0 Å². The fourth-order valence-corrected chi connectivity index (χ4v) is 2.19. The molecule has 0 aliphatic rings. The maximum Gasteiger partial charge on any atom is 0.270 e. The quantitative estimate of drug-likeness (QED) is 0.688. The second-order valence-corrected chi connectivity index (χ2v) is 5.84. The molecule has 1 aromatic heterocycles. The average molecular weight is 327 g/mol. The third-order valence-corrected chi connectivity index (χ3v) is 3.50. The standard InChI is InChI=1S/C18H25N5O/c1-23(2)14-13-19-17(24)16-10-12-21-18(22-16)20-11-6-9-15-7-4-3-5-8-15/h3-5,7-8,10,12H,6,9,11,13-14H2,1-2H3,(H,19,24)(H,20,21,22). The van der Waals surface area contributed by atoms with Gasteiger partial charge in [0.05, 0.1) is 0 Å². The Morgan fingerprint density at radius 2 is 1.92 bits per heavy atom. The van der Waals surface area contributed by atoms with Crippen LogP contribution in [0.25, 0.3) is 0 Å². The van der Waals surface area contributed by atoms with Crippen LogP contribution < -0.4 is 10.6 Å². The van der Waals surface area contributed by atoms with Gasteiger partial charge >= 0.3 is 0 Å². The van der Waals surface area contributed by atoms with Gasteiger partial charge in [-0.3, -0.25) is 4.79 Å². The van der Waals surface area contributed by atoms with Gasteiger partial charge in [0.1, 0.15) is 5.69 Å². The molecule has 0 aliphatic carbocycles. The van der Waals surface area contributed by atoms with Gasteiger partial charge in [0, 0.05) is 25.8 Å². The summed E-state index contributed by atoms with van der Waals surface area (Å²) >= 11 is 0. The Balaban J connectivity index is 1.76. The van der Waals surface area contributed by atoms with Crippen molar-refractivity contribution in [3.05, 3.63) is 53.9 Å². The molecule has 0 atom stereocenters. The Bertz CT molecular complexity index is 630. The van der Waals surface area contributed by atoms with Crippen molar-refractivity contribution in [2.75, 3.05) is 39.0 Å². The highest BCUT2D eigenvalue weighted by Crippen LogP contribution is 2.04. The molecule has 2 rings (SSSR count). The SMILES string of the molecule is CN(C)CCNC(=O)c1ccnc(NCCCc2ccccc2)n1. The zero-order chi connectivity index (χ0) is 17.2. The van der Waals surface area contributed by atoms with E-state index in [-0.39, 0.29) is 5.91 Å². The number of carbonyl (C=O) groups excluding carboxylic acids is 1. The number of likely N-dealkylation sites (N-methyl/N-ethyl adjacent to an activating group) is 1. The van der Waals surface area contributed by atoms with Crippen LogP contribution in [-0.2, 0) is 6.42 Å². The van der Waals surface area contributed by atoms with Crippen molar-refractivity contribution in [3.63, 3.8) is 0 Å². The molecule has 0 saturated heterocycles. The first-order valence-corrected chi connectivity index (χ1v) is 8.19. The summed E-state index contributed by atoms with van der Waals surface area (Å²) < 4.78 is 0. The number of rotatable bonds is 9. The molecular formula is C18H25N5O. The monoisotopic (exact) mass is 327 g/mol. The predicted octanol–water partition coefficient (Wildman–Crippen LogP) is 1.81. The van der Waals surface area contributed by atoms with Crippen LogP contribution in [0.15, 0.2) is 42.6 Å². The minimum atomic E-state index is -0.174. The second-order valence-electron chi connectivity index (χ2n) is 5.84. The number of aryl methyl sites for hydroxylation is 1. The van der Waals surface area contributed by atoms with Gasteiger partial charge < -0.3 is 15.5 Å². The largest absolute Gasteiger partial charge is 0.354 e. The topological polar surface area (TPSA) is 70.2 Å². The molecule has 0 radical (unpaired) electrons. The third kappa shape index (κ3) is 6.34. The maximum absolute atomic E-state index is 12.0. The number of nitrogens with one attached hydrogen (secondary N) is 2. The van der Waals surface area contributed by atoms with Crippen LogP contribution in [0, 0.1) is 0 Å². The van der Waals surface area contributed by atoms with Gasteiger partial charge in [-0.2, -0.15) is 0 Å². The summed E-state index contributed by atoms with van der Waals surface area (Å²) in [7, 11) is 3.93. The highest BCUT2D eigenvalue weighted by atomic mass is 16.1. The summed E-state index contributed by atoms with van der Waals surface area (Å²) in [4.78, 5) is 22.5. The van der Waals surface area contributed by atoms with Gasteiger partial charge in [0.15, 0.2) is 0 Å². The van der Waals surface area contributed by atoms with E-state index in [4.69, 9.17) is 0 Å². The Hall–Kier alpha value is -2.47. The first kappa shape index (κ1) is 17.9. The average Bonchev–Trinajstić information content (AvgIpc) is 2.59. The van der Waals surface area contributed by atoms with Gasteiger partial charge in [-0.15, -0.1) is 0 Å². The highest BCUT2D eigenvalue weighted by Gasteiger charge is 2.08. The summed E-state index contributed by atoms with van der Waals surface area (Å²) in [5.74, 6) is 0.315. The second kappa shape index (κ2) is 9.62. The Morgan fingerprint density at radius 1 is 1.12 bits per heavy atom. The summed E-state index contributed by atoms with van der Waals surface area (Å²) in [5.41, 5.74) is 1.70. The van der Waals surface area contributed by atoms with Crippen molar-refractivity contribution in [2.45, 2.75) is 12.8 Å². The van der Waals surface area contributed by atoms with E-state index in [2.05, 4.69) is 32.7 Å². The normalized spacial score (nSPS) is 10.6. The molecular weight excluding hydrogens is 302 g/mol. The number of amides is 1. The maximum atomic E-state index is 12.0. The molecule has 6 heteroatoms. The number of hydrogen-bond acceptors (Lipinski definition) is 5. The molecule has 0 unspecified atom stereocenters. The van der Waals surface area contributed by atoms with Crippen molar-refractivity contribution in [2.24, 2.45) is 0 Å². The zero-order valence-corrected chi connectivity index (χ0v) is 14.3. The molecule has 1 aromatic carbocycles. The zero-order valence-electron chi connectivity index (χ0n) is 14.3. The van der Waals surface area contributed by atoms with Crippen molar-refractivity contribution in [3.8, 4) is 0 Å². The van der Waals surface area contributed by atoms with E-state index in [1.807, 2.05) is 37.2 Å².